The van der Waals surface area contributed by atoms with Crippen LogP contribution in [-0.4, -0.2) is 32.5 Å². The third-order valence-electron chi connectivity index (χ3n) is 4.31. The molecule has 0 unspecified atom stereocenters. The van der Waals surface area contributed by atoms with Crippen molar-refractivity contribution in [1.82, 2.24) is 0 Å². The van der Waals surface area contributed by atoms with Crippen LogP contribution in [0.25, 0.3) is 0 Å². The highest BCUT2D eigenvalue weighted by Crippen LogP contribution is 2.53. The van der Waals surface area contributed by atoms with Crippen LogP contribution in [0.1, 0.15) is 11.5 Å². The Morgan fingerprint density at radius 1 is 1.09 bits per heavy atom. The minimum atomic E-state index is -3.51. The van der Waals surface area contributed by atoms with E-state index in [1.807, 2.05) is 12.1 Å². The maximum Gasteiger partial charge on any atom is 0.182 e. The predicted octanol–water partition coefficient (Wildman–Crippen LogP) is 2.90. The van der Waals surface area contributed by atoms with Crippen molar-refractivity contribution in [2.24, 2.45) is 5.92 Å². The van der Waals surface area contributed by atoms with Crippen LogP contribution in [0.2, 0.25) is 5.02 Å². The number of benzene rings is 2. The molecule has 0 aromatic heterocycles. The molecule has 0 saturated heterocycles. The Bertz CT molecular complexity index is 784. The number of rotatable bonds is 5. The first-order valence-corrected chi connectivity index (χ1v) is 9.15. The monoisotopic (exact) mass is 352 g/mol. The van der Waals surface area contributed by atoms with Gasteiger partial charge in [0.25, 0.3) is 0 Å². The van der Waals surface area contributed by atoms with Gasteiger partial charge >= 0.3 is 0 Å². The molecule has 0 heterocycles. The van der Waals surface area contributed by atoms with Gasteiger partial charge in [0.1, 0.15) is 5.75 Å². The Morgan fingerprint density at radius 3 is 2.22 bits per heavy atom. The first kappa shape index (κ1) is 16.3. The van der Waals surface area contributed by atoms with Crippen LogP contribution in [0, 0.1) is 5.92 Å². The van der Waals surface area contributed by atoms with Crippen LogP contribution in [-0.2, 0) is 9.84 Å². The Labute approximate surface area is 140 Å². The zero-order valence-electron chi connectivity index (χ0n) is 12.5. The molecule has 1 fully saturated rings. The third-order valence-corrected chi connectivity index (χ3v) is 6.85. The van der Waals surface area contributed by atoms with Crippen molar-refractivity contribution >= 4 is 21.4 Å². The molecule has 3 atom stereocenters. The number of aliphatic hydroxyl groups is 1. The third kappa shape index (κ3) is 2.96. The van der Waals surface area contributed by atoms with Gasteiger partial charge in [-0.05, 0) is 42.0 Å². The van der Waals surface area contributed by atoms with Crippen LogP contribution in [0.3, 0.4) is 0 Å². The molecular weight excluding hydrogens is 336 g/mol. The molecule has 23 heavy (non-hydrogen) atoms. The van der Waals surface area contributed by atoms with Crippen LogP contribution >= 0.6 is 11.6 Å². The van der Waals surface area contributed by atoms with E-state index >= 15 is 0 Å². The Morgan fingerprint density at radius 2 is 1.70 bits per heavy atom. The molecule has 0 spiro atoms. The van der Waals surface area contributed by atoms with E-state index in [4.69, 9.17) is 16.3 Å². The summed E-state index contributed by atoms with van der Waals surface area (Å²) in [7, 11) is -1.93. The molecule has 2 aromatic carbocycles. The smallest absolute Gasteiger partial charge is 0.182 e. The Hall–Kier alpha value is -1.56. The second kappa shape index (κ2) is 6.15. The summed E-state index contributed by atoms with van der Waals surface area (Å²) in [6, 6.07) is 13.4. The van der Waals surface area contributed by atoms with Crippen LogP contribution < -0.4 is 4.74 Å². The number of sulfone groups is 1. The van der Waals surface area contributed by atoms with Gasteiger partial charge in [-0.3, -0.25) is 0 Å². The van der Waals surface area contributed by atoms with Crippen LogP contribution in [0.4, 0.5) is 0 Å². The highest BCUT2D eigenvalue weighted by atomic mass is 35.5. The fraction of sp³-hybridized carbons (Fsp3) is 0.294. The van der Waals surface area contributed by atoms with E-state index in [1.165, 1.54) is 12.1 Å². The minimum Gasteiger partial charge on any atom is -0.497 e. The van der Waals surface area contributed by atoms with Crippen LogP contribution in [0.15, 0.2) is 53.4 Å². The lowest BCUT2D eigenvalue weighted by atomic mass is 10.1. The SMILES string of the molecule is COc1ccc([C@@H]2[C@@H](CO)[C@@H]2S(=O)(=O)c2ccc(Cl)cc2)cc1. The van der Waals surface area contributed by atoms with Gasteiger partial charge < -0.3 is 9.84 Å². The number of halogens is 1. The van der Waals surface area contributed by atoms with Gasteiger partial charge in [-0.2, -0.15) is 0 Å². The lowest BCUT2D eigenvalue weighted by molar-refractivity contribution is 0.274. The summed E-state index contributed by atoms with van der Waals surface area (Å²) in [5.41, 5.74) is 0.896. The first-order chi connectivity index (χ1) is 11.0. The van der Waals surface area contributed by atoms with Gasteiger partial charge in [0.2, 0.25) is 0 Å². The lowest BCUT2D eigenvalue weighted by Crippen LogP contribution is -2.11. The second-order valence-electron chi connectivity index (χ2n) is 5.61. The predicted molar refractivity (Wildman–Crippen MR) is 88.7 cm³/mol. The summed E-state index contributed by atoms with van der Waals surface area (Å²) >= 11 is 5.82. The van der Waals surface area contributed by atoms with Gasteiger partial charge in [-0.15, -0.1) is 0 Å². The van der Waals surface area contributed by atoms with E-state index in [-0.39, 0.29) is 23.3 Å². The highest BCUT2D eigenvalue weighted by Gasteiger charge is 2.58. The standard InChI is InChI=1S/C17H17ClO4S/c1-22-13-6-2-11(3-7-13)16-15(10-19)17(16)23(20,21)14-8-4-12(18)5-9-14/h2-9,15-17,19H,10H2,1H3/t15-,16-,17+/m1/s1. The summed E-state index contributed by atoms with van der Waals surface area (Å²) in [6.07, 6.45) is 0. The van der Waals surface area contributed by atoms with E-state index in [0.29, 0.717) is 10.8 Å². The summed E-state index contributed by atoms with van der Waals surface area (Å²) in [4.78, 5) is 0.237. The molecule has 1 aliphatic rings. The van der Waals surface area contributed by atoms with Gasteiger partial charge in [0.05, 0.1) is 17.3 Å². The zero-order chi connectivity index (χ0) is 16.6. The van der Waals surface area contributed by atoms with E-state index in [1.54, 1.807) is 31.4 Å². The number of hydrogen-bond donors (Lipinski definition) is 1. The van der Waals surface area contributed by atoms with E-state index in [9.17, 15) is 13.5 Å². The van der Waals surface area contributed by atoms with Crippen molar-refractivity contribution in [3.8, 4) is 5.75 Å². The lowest BCUT2D eigenvalue weighted by Gasteiger charge is -2.05. The molecule has 1 N–H and O–H groups in total. The fourth-order valence-corrected chi connectivity index (χ4v) is 5.35. The molecule has 0 amide bonds. The maximum absolute atomic E-state index is 12.8. The van der Waals surface area contributed by atoms with Gasteiger partial charge in [0, 0.05) is 23.5 Å². The van der Waals surface area contributed by atoms with Crippen molar-refractivity contribution in [1.29, 1.82) is 0 Å². The molecule has 0 bridgehead atoms. The molecule has 0 radical (unpaired) electrons. The topological polar surface area (TPSA) is 63.6 Å². The summed E-state index contributed by atoms with van der Waals surface area (Å²) in [5.74, 6) is 0.225. The number of methoxy groups -OCH3 is 1. The molecule has 0 aliphatic heterocycles. The zero-order valence-corrected chi connectivity index (χ0v) is 14.1. The van der Waals surface area contributed by atoms with Crippen molar-refractivity contribution in [3.05, 3.63) is 59.1 Å². The number of hydrogen-bond acceptors (Lipinski definition) is 4. The largest absolute Gasteiger partial charge is 0.497 e. The van der Waals surface area contributed by atoms with E-state index < -0.39 is 15.1 Å². The summed E-state index contributed by atoms with van der Waals surface area (Å²) in [6.45, 7) is -0.159. The second-order valence-corrected chi connectivity index (χ2v) is 8.15. The first-order valence-electron chi connectivity index (χ1n) is 7.23. The molecule has 6 heteroatoms. The molecule has 4 nitrogen and oxygen atoms in total. The average molecular weight is 353 g/mol. The number of ether oxygens (including phenoxy) is 1. The van der Waals surface area contributed by atoms with E-state index in [2.05, 4.69) is 0 Å². The average Bonchev–Trinajstić information content (AvgIpc) is 3.31. The van der Waals surface area contributed by atoms with Gasteiger partial charge in [0.15, 0.2) is 9.84 Å². The normalized spacial score (nSPS) is 23.5. The Balaban J connectivity index is 1.90. The molecule has 1 aliphatic carbocycles. The minimum absolute atomic E-state index is 0.159. The fourth-order valence-electron chi connectivity index (χ4n) is 3.03. The molecule has 1 saturated carbocycles. The van der Waals surface area contributed by atoms with Crippen molar-refractivity contribution in [3.63, 3.8) is 0 Å². The van der Waals surface area contributed by atoms with Crippen molar-refractivity contribution in [2.45, 2.75) is 16.1 Å². The van der Waals surface area contributed by atoms with Crippen LogP contribution in [0.5, 0.6) is 5.75 Å². The van der Waals surface area contributed by atoms with E-state index in [0.717, 1.165) is 5.56 Å². The summed E-state index contributed by atoms with van der Waals surface area (Å²) in [5, 5.41) is 9.43. The highest BCUT2D eigenvalue weighted by molar-refractivity contribution is 7.92. The Kier molecular flexibility index (Phi) is 4.36. The van der Waals surface area contributed by atoms with Gasteiger partial charge in [-0.1, -0.05) is 23.7 Å². The summed E-state index contributed by atoms with van der Waals surface area (Å²) < 4.78 is 30.7. The van der Waals surface area contributed by atoms with Gasteiger partial charge in [-0.25, -0.2) is 8.42 Å². The maximum atomic E-state index is 12.8. The van der Waals surface area contributed by atoms with Crippen molar-refractivity contribution < 1.29 is 18.3 Å². The molecular formula is C17H17ClO4S. The number of aliphatic hydroxyl groups excluding tert-OH is 1. The molecule has 3 rings (SSSR count). The molecule has 122 valence electrons. The molecule has 2 aromatic rings. The van der Waals surface area contributed by atoms with Crippen molar-refractivity contribution in [2.75, 3.05) is 13.7 Å². The quantitative estimate of drug-likeness (QED) is 0.898.